The van der Waals surface area contributed by atoms with Gasteiger partial charge in [0.2, 0.25) is 0 Å². The topological polar surface area (TPSA) is 48.8 Å². The highest BCUT2D eigenvalue weighted by molar-refractivity contribution is 5.16. The molecule has 0 aromatic carbocycles. The summed E-state index contributed by atoms with van der Waals surface area (Å²) in [5.41, 5.74) is 8.53. The molecule has 2 aromatic rings. The van der Waals surface area contributed by atoms with Gasteiger partial charge in [-0.3, -0.25) is 4.68 Å². The second-order valence-electron chi connectivity index (χ2n) is 6.61. The fourth-order valence-electron chi connectivity index (χ4n) is 3.16. The molecule has 1 unspecified atom stereocenters. The molecule has 3 rings (SSSR count). The third-order valence-electron chi connectivity index (χ3n) is 4.58. The highest BCUT2D eigenvalue weighted by Gasteiger charge is 2.17. The van der Waals surface area contributed by atoms with Gasteiger partial charge < -0.3 is 10.3 Å². The fourth-order valence-corrected chi connectivity index (χ4v) is 3.16. The zero-order valence-corrected chi connectivity index (χ0v) is 13.1. The maximum Gasteiger partial charge on any atom is 0.0821 e. The van der Waals surface area contributed by atoms with E-state index in [1.165, 1.54) is 31.2 Å². The molecule has 21 heavy (non-hydrogen) atoms. The second-order valence-corrected chi connectivity index (χ2v) is 6.61. The lowest BCUT2D eigenvalue weighted by atomic mass is 10.00. The number of nitrogens with two attached hydrogens (primary N) is 1. The molecule has 0 radical (unpaired) electrons. The first-order valence-corrected chi connectivity index (χ1v) is 8.09. The zero-order valence-electron chi connectivity index (χ0n) is 13.1. The van der Waals surface area contributed by atoms with E-state index in [-0.39, 0.29) is 6.04 Å². The molecule has 4 heteroatoms. The van der Waals surface area contributed by atoms with Crippen molar-refractivity contribution in [1.82, 2.24) is 14.3 Å². The van der Waals surface area contributed by atoms with Crippen molar-refractivity contribution in [2.24, 2.45) is 11.7 Å². The van der Waals surface area contributed by atoms with Crippen molar-refractivity contribution in [2.75, 3.05) is 0 Å². The lowest BCUT2D eigenvalue weighted by Gasteiger charge is -2.13. The Hall–Kier alpha value is -1.55. The van der Waals surface area contributed by atoms with Gasteiger partial charge in [-0.2, -0.15) is 5.10 Å². The van der Waals surface area contributed by atoms with E-state index in [1.807, 2.05) is 0 Å². The average Bonchev–Trinajstić information content (AvgIpc) is 3.19. The molecule has 0 amide bonds. The number of nitrogens with zero attached hydrogens (tertiary/aromatic N) is 3. The van der Waals surface area contributed by atoms with Crippen LogP contribution in [-0.4, -0.2) is 14.3 Å². The Balaban J connectivity index is 1.66. The van der Waals surface area contributed by atoms with Crippen LogP contribution in [0.15, 0.2) is 30.7 Å². The SMILES string of the molecule is CC(C)C(N)c1ccn(Cc2ccn(C3CCCC3)n2)c1. The summed E-state index contributed by atoms with van der Waals surface area (Å²) in [4.78, 5) is 0. The molecule has 1 fully saturated rings. The normalized spacial score (nSPS) is 17.7. The minimum atomic E-state index is 0.113. The molecule has 0 saturated heterocycles. The van der Waals surface area contributed by atoms with Gasteiger partial charge in [-0.25, -0.2) is 0 Å². The highest BCUT2D eigenvalue weighted by Crippen LogP contribution is 2.28. The first-order valence-electron chi connectivity index (χ1n) is 8.09. The van der Waals surface area contributed by atoms with Crippen molar-refractivity contribution in [3.8, 4) is 0 Å². The van der Waals surface area contributed by atoms with Crippen molar-refractivity contribution in [3.63, 3.8) is 0 Å². The molecule has 1 atom stereocenters. The molecule has 1 aliphatic carbocycles. The summed E-state index contributed by atoms with van der Waals surface area (Å²) < 4.78 is 4.34. The van der Waals surface area contributed by atoms with Gasteiger partial charge in [-0.05, 0) is 36.5 Å². The fraction of sp³-hybridized carbons (Fsp3) is 0.588. The van der Waals surface area contributed by atoms with E-state index in [0.717, 1.165) is 12.2 Å². The summed E-state index contributed by atoms with van der Waals surface area (Å²) in [5, 5.41) is 4.74. The molecular weight excluding hydrogens is 260 g/mol. The predicted octanol–water partition coefficient (Wildman–Crippen LogP) is 3.50. The van der Waals surface area contributed by atoms with Gasteiger partial charge in [0, 0.05) is 24.6 Å². The molecule has 4 nitrogen and oxygen atoms in total. The Morgan fingerprint density at radius 2 is 2.00 bits per heavy atom. The summed E-state index contributed by atoms with van der Waals surface area (Å²) in [5.74, 6) is 0.461. The van der Waals surface area contributed by atoms with E-state index in [9.17, 15) is 0 Å². The molecule has 2 heterocycles. The molecule has 2 aromatic heterocycles. The Morgan fingerprint density at radius 1 is 1.24 bits per heavy atom. The van der Waals surface area contributed by atoms with E-state index < -0.39 is 0 Å². The summed E-state index contributed by atoms with van der Waals surface area (Å²) in [6.07, 6.45) is 11.6. The number of rotatable bonds is 5. The summed E-state index contributed by atoms with van der Waals surface area (Å²) in [6, 6.07) is 4.99. The Labute approximate surface area is 126 Å². The minimum absolute atomic E-state index is 0.113. The Morgan fingerprint density at radius 3 is 2.71 bits per heavy atom. The van der Waals surface area contributed by atoms with Crippen LogP contribution in [0.4, 0.5) is 0 Å². The molecule has 114 valence electrons. The smallest absolute Gasteiger partial charge is 0.0821 e. The lowest BCUT2D eigenvalue weighted by Crippen LogP contribution is -2.16. The van der Waals surface area contributed by atoms with Crippen LogP contribution in [-0.2, 0) is 6.54 Å². The van der Waals surface area contributed by atoms with Gasteiger partial charge in [0.05, 0.1) is 18.3 Å². The molecule has 1 aliphatic rings. The molecule has 0 bridgehead atoms. The quantitative estimate of drug-likeness (QED) is 0.914. The van der Waals surface area contributed by atoms with Gasteiger partial charge >= 0.3 is 0 Å². The van der Waals surface area contributed by atoms with Crippen molar-refractivity contribution in [2.45, 2.75) is 58.2 Å². The number of hydrogen-bond donors (Lipinski definition) is 1. The molecule has 0 aliphatic heterocycles. The van der Waals surface area contributed by atoms with E-state index in [1.54, 1.807) is 0 Å². The van der Waals surface area contributed by atoms with Crippen molar-refractivity contribution in [3.05, 3.63) is 42.0 Å². The van der Waals surface area contributed by atoms with E-state index in [0.29, 0.717) is 12.0 Å². The predicted molar refractivity (Wildman–Crippen MR) is 85.0 cm³/mol. The first kappa shape index (κ1) is 14.4. The molecule has 1 saturated carbocycles. The van der Waals surface area contributed by atoms with E-state index in [4.69, 9.17) is 10.8 Å². The van der Waals surface area contributed by atoms with Crippen LogP contribution < -0.4 is 5.73 Å². The van der Waals surface area contributed by atoms with Crippen molar-refractivity contribution >= 4 is 0 Å². The Bertz CT molecular complexity index is 537. The number of aromatic nitrogens is 3. The van der Waals surface area contributed by atoms with Gasteiger partial charge in [0.1, 0.15) is 0 Å². The largest absolute Gasteiger partial charge is 0.348 e. The van der Waals surface area contributed by atoms with Gasteiger partial charge in [0.15, 0.2) is 0 Å². The van der Waals surface area contributed by atoms with Crippen LogP contribution in [0.5, 0.6) is 0 Å². The number of hydrogen-bond acceptors (Lipinski definition) is 2. The van der Waals surface area contributed by atoms with Crippen LogP contribution in [0.25, 0.3) is 0 Å². The van der Waals surface area contributed by atoms with Crippen LogP contribution >= 0.6 is 0 Å². The molecular formula is C17H26N4. The maximum absolute atomic E-state index is 6.20. The van der Waals surface area contributed by atoms with Gasteiger partial charge in [-0.1, -0.05) is 26.7 Å². The third-order valence-corrected chi connectivity index (χ3v) is 4.58. The third kappa shape index (κ3) is 3.21. The minimum Gasteiger partial charge on any atom is -0.348 e. The summed E-state index contributed by atoms with van der Waals surface area (Å²) in [6.45, 7) is 5.14. The average molecular weight is 286 g/mol. The molecule has 0 spiro atoms. The van der Waals surface area contributed by atoms with Crippen LogP contribution in [0.3, 0.4) is 0 Å². The first-order chi connectivity index (χ1) is 10.1. The standard InChI is InChI=1S/C17H26N4/c1-13(2)17(18)14-7-9-20(11-14)12-15-8-10-21(19-15)16-5-3-4-6-16/h7-11,13,16-17H,3-6,12,18H2,1-2H3. The van der Waals surface area contributed by atoms with Crippen LogP contribution in [0.1, 0.15) is 62.9 Å². The zero-order chi connectivity index (χ0) is 14.8. The summed E-state index contributed by atoms with van der Waals surface area (Å²) >= 11 is 0. The lowest BCUT2D eigenvalue weighted by molar-refractivity contribution is 0.461. The molecule has 2 N–H and O–H groups in total. The van der Waals surface area contributed by atoms with Crippen LogP contribution in [0.2, 0.25) is 0 Å². The van der Waals surface area contributed by atoms with Crippen molar-refractivity contribution < 1.29 is 0 Å². The van der Waals surface area contributed by atoms with Crippen molar-refractivity contribution in [1.29, 1.82) is 0 Å². The highest BCUT2D eigenvalue weighted by atomic mass is 15.3. The van der Waals surface area contributed by atoms with Gasteiger partial charge in [0.25, 0.3) is 0 Å². The van der Waals surface area contributed by atoms with E-state index in [2.05, 4.69) is 53.8 Å². The maximum atomic E-state index is 6.20. The second kappa shape index (κ2) is 6.06. The van der Waals surface area contributed by atoms with Gasteiger partial charge in [-0.15, -0.1) is 0 Å². The van der Waals surface area contributed by atoms with Crippen LogP contribution in [0, 0.1) is 5.92 Å². The summed E-state index contributed by atoms with van der Waals surface area (Å²) in [7, 11) is 0. The van der Waals surface area contributed by atoms with E-state index >= 15 is 0 Å². The Kier molecular flexibility index (Phi) is 4.15. The monoisotopic (exact) mass is 286 g/mol.